The van der Waals surface area contributed by atoms with Gasteiger partial charge in [0.05, 0.1) is 11.3 Å². The van der Waals surface area contributed by atoms with Gasteiger partial charge in [0, 0.05) is 31.0 Å². The van der Waals surface area contributed by atoms with Crippen molar-refractivity contribution in [3.05, 3.63) is 28.2 Å². The highest BCUT2D eigenvalue weighted by Gasteiger charge is 2.23. The summed E-state index contributed by atoms with van der Waals surface area (Å²) in [7, 11) is 0. The van der Waals surface area contributed by atoms with Crippen LogP contribution in [0.4, 0.5) is 5.69 Å². The second-order valence-electron chi connectivity index (χ2n) is 5.33. The molecular weight excluding hydrogens is 336 g/mol. The van der Waals surface area contributed by atoms with E-state index in [1.165, 1.54) is 6.92 Å². The molecule has 1 amide bonds. The van der Waals surface area contributed by atoms with Crippen LogP contribution in [0.15, 0.2) is 22.7 Å². The molecule has 0 unspecified atom stereocenters. The number of hydrogen-bond acceptors (Lipinski definition) is 3. The summed E-state index contributed by atoms with van der Waals surface area (Å²) in [6.45, 7) is 3.85. The van der Waals surface area contributed by atoms with Crippen molar-refractivity contribution in [2.45, 2.75) is 19.8 Å². The number of anilines is 1. The first-order chi connectivity index (χ1) is 9.97. The van der Waals surface area contributed by atoms with Gasteiger partial charge in [-0.25, -0.2) is 4.79 Å². The van der Waals surface area contributed by atoms with E-state index in [9.17, 15) is 14.7 Å². The third-order valence-corrected chi connectivity index (χ3v) is 4.28. The van der Waals surface area contributed by atoms with E-state index in [-0.39, 0.29) is 5.91 Å². The van der Waals surface area contributed by atoms with Crippen molar-refractivity contribution in [1.29, 1.82) is 0 Å². The molecule has 0 radical (unpaired) electrons. The van der Waals surface area contributed by atoms with Crippen molar-refractivity contribution in [1.82, 2.24) is 5.32 Å². The third kappa shape index (κ3) is 4.20. The monoisotopic (exact) mass is 354 g/mol. The van der Waals surface area contributed by atoms with Crippen LogP contribution in [0.25, 0.3) is 0 Å². The number of benzene rings is 1. The summed E-state index contributed by atoms with van der Waals surface area (Å²) in [6, 6.07) is 5.36. The number of rotatable bonds is 4. The van der Waals surface area contributed by atoms with Gasteiger partial charge in [-0.1, -0.05) is 15.9 Å². The number of nitrogens with zero attached hydrogens (tertiary/aromatic N) is 1. The Bertz CT molecular complexity index is 540. The lowest BCUT2D eigenvalue weighted by atomic mass is 9.96. The summed E-state index contributed by atoms with van der Waals surface area (Å²) in [5.41, 5.74) is 1.09. The predicted molar refractivity (Wildman–Crippen MR) is 84.7 cm³/mol. The molecule has 1 aromatic rings. The van der Waals surface area contributed by atoms with Gasteiger partial charge in [-0.2, -0.15) is 0 Å². The quantitative estimate of drug-likeness (QED) is 0.871. The van der Waals surface area contributed by atoms with E-state index in [0.29, 0.717) is 18.0 Å². The van der Waals surface area contributed by atoms with Crippen LogP contribution in [0.2, 0.25) is 0 Å². The Morgan fingerprint density at radius 1 is 1.38 bits per heavy atom. The summed E-state index contributed by atoms with van der Waals surface area (Å²) < 4.78 is 0.768. The van der Waals surface area contributed by atoms with Gasteiger partial charge >= 0.3 is 5.97 Å². The Balaban J connectivity index is 2.02. The molecule has 2 rings (SSSR count). The molecule has 0 aromatic heterocycles. The average Bonchev–Trinajstić information content (AvgIpc) is 2.45. The minimum absolute atomic E-state index is 0.00139. The highest BCUT2D eigenvalue weighted by atomic mass is 79.9. The van der Waals surface area contributed by atoms with Crippen molar-refractivity contribution < 1.29 is 14.7 Å². The topological polar surface area (TPSA) is 69.6 Å². The molecule has 1 saturated heterocycles. The average molecular weight is 355 g/mol. The van der Waals surface area contributed by atoms with Crippen molar-refractivity contribution in [3.8, 4) is 0 Å². The molecule has 0 atom stereocenters. The molecule has 0 aliphatic carbocycles. The minimum atomic E-state index is -0.910. The van der Waals surface area contributed by atoms with Crippen LogP contribution in [0.5, 0.6) is 0 Å². The number of carboxylic acids is 1. The molecule has 1 heterocycles. The van der Waals surface area contributed by atoms with Crippen LogP contribution < -0.4 is 10.2 Å². The molecule has 21 heavy (non-hydrogen) atoms. The number of aromatic carboxylic acids is 1. The van der Waals surface area contributed by atoms with Crippen molar-refractivity contribution >= 4 is 33.5 Å². The molecule has 0 bridgehead atoms. The van der Waals surface area contributed by atoms with Crippen LogP contribution in [-0.2, 0) is 4.79 Å². The second-order valence-corrected chi connectivity index (χ2v) is 6.25. The molecule has 114 valence electrons. The van der Waals surface area contributed by atoms with E-state index in [1.54, 1.807) is 6.07 Å². The van der Waals surface area contributed by atoms with Crippen LogP contribution in [0, 0.1) is 5.92 Å². The summed E-state index contributed by atoms with van der Waals surface area (Å²) in [5, 5.41) is 12.2. The van der Waals surface area contributed by atoms with Gasteiger partial charge < -0.3 is 15.3 Å². The maximum atomic E-state index is 11.4. The smallest absolute Gasteiger partial charge is 0.337 e. The summed E-state index contributed by atoms with van der Waals surface area (Å²) in [4.78, 5) is 24.4. The van der Waals surface area contributed by atoms with Gasteiger partial charge in [-0.3, -0.25) is 4.79 Å². The van der Waals surface area contributed by atoms with Crippen LogP contribution in [0.3, 0.4) is 0 Å². The Labute approximate surface area is 132 Å². The molecular formula is C15H19BrN2O3. The number of hydrogen-bond donors (Lipinski definition) is 2. The Morgan fingerprint density at radius 3 is 2.62 bits per heavy atom. The normalized spacial score (nSPS) is 15.8. The largest absolute Gasteiger partial charge is 0.478 e. The first kappa shape index (κ1) is 15.8. The SMILES string of the molecule is CC(=O)NCC1CCN(c2ccc(Br)cc2C(=O)O)CC1. The first-order valence-electron chi connectivity index (χ1n) is 6.99. The summed E-state index contributed by atoms with van der Waals surface area (Å²) in [6.07, 6.45) is 1.91. The number of carboxylic acid groups (broad SMARTS) is 1. The summed E-state index contributed by atoms with van der Waals surface area (Å²) >= 11 is 3.31. The first-order valence-corrected chi connectivity index (χ1v) is 7.79. The lowest BCUT2D eigenvalue weighted by Gasteiger charge is -2.34. The van der Waals surface area contributed by atoms with E-state index in [0.717, 1.165) is 36.1 Å². The minimum Gasteiger partial charge on any atom is -0.478 e. The fourth-order valence-corrected chi connectivity index (χ4v) is 2.98. The van der Waals surface area contributed by atoms with Gasteiger partial charge in [0.1, 0.15) is 0 Å². The standard InChI is InChI=1S/C15H19BrN2O3/c1-10(19)17-9-11-4-6-18(7-5-11)14-3-2-12(16)8-13(14)15(20)21/h2-3,8,11H,4-7,9H2,1H3,(H,17,19)(H,20,21). The predicted octanol–water partition coefficient (Wildman–Crippen LogP) is 2.50. The Morgan fingerprint density at radius 2 is 2.05 bits per heavy atom. The number of nitrogens with one attached hydrogen (secondary N) is 1. The molecule has 1 fully saturated rings. The maximum Gasteiger partial charge on any atom is 0.337 e. The lowest BCUT2D eigenvalue weighted by molar-refractivity contribution is -0.119. The van der Waals surface area contributed by atoms with E-state index in [2.05, 4.69) is 26.1 Å². The van der Waals surface area contributed by atoms with Crippen molar-refractivity contribution in [2.75, 3.05) is 24.5 Å². The van der Waals surface area contributed by atoms with Gasteiger partial charge in [0.2, 0.25) is 5.91 Å². The highest BCUT2D eigenvalue weighted by Crippen LogP contribution is 2.28. The van der Waals surface area contributed by atoms with Gasteiger partial charge in [0.15, 0.2) is 0 Å². The van der Waals surface area contributed by atoms with Crippen LogP contribution in [0.1, 0.15) is 30.1 Å². The molecule has 2 N–H and O–H groups in total. The molecule has 0 spiro atoms. The van der Waals surface area contributed by atoms with Crippen LogP contribution >= 0.6 is 15.9 Å². The van der Waals surface area contributed by atoms with E-state index in [1.807, 2.05) is 12.1 Å². The van der Waals surface area contributed by atoms with Gasteiger partial charge in [-0.15, -0.1) is 0 Å². The van der Waals surface area contributed by atoms with Gasteiger partial charge in [0.25, 0.3) is 0 Å². The zero-order valence-electron chi connectivity index (χ0n) is 11.9. The van der Waals surface area contributed by atoms with E-state index in [4.69, 9.17) is 0 Å². The number of carbonyl (C=O) groups excluding carboxylic acids is 1. The van der Waals surface area contributed by atoms with E-state index >= 15 is 0 Å². The molecule has 6 heteroatoms. The molecule has 5 nitrogen and oxygen atoms in total. The Hall–Kier alpha value is -1.56. The zero-order valence-corrected chi connectivity index (χ0v) is 13.5. The fraction of sp³-hybridized carbons (Fsp3) is 0.467. The van der Waals surface area contributed by atoms with Crippen LogP contribution in [-0.4, -0.2) is 36.6 Å². The zero-order chi connectivity index (χ0) is 15.4. The Kier molecular flexibility index (Phi) is 5.22. The van der Waals surface area contributed by atoms with Crippen molar-refractivity contribution in [3.63, 3.8) is 0 Å². The molecule has 1 aromatic carbocycles. The highest BCUT2D eigenvalue weighted by molar-refractivity contribution is 9.10. The number of amides is 1. The van der Waals surface area contributed by atoms with Gasteiger partial charge in [-0.05, 0) is 37.0 Å². The van der Waals surface area contributed by atoms with Crippen molar-refractivity contribution in [2.24, 2.45) is 5.92 Å². The molecule has 1 aliphatic heterocycles. The maximum absolute atomic E-state index is 11.4. The summed E-state index contributed by atoms with van der Waals surface area (Å²) in [5.74, 6) is -0.445. The second kappa shape index (κ2) is 6.93. The molecule has 0 saturated carbocycles. The number of piperidine rings is 1. The third-order valence-electron chi connectivity index (χ3n) is 3.78. The lowest BCUT2D eigenvalue weighted by Crippen LogP contribution is -2.38. The number of halogens is 1. The van der Waals surface area contributed by atoms with E-state index < -0.39 is 5.97 Å². The molecule has 1 aliphatic rings. The number of carbonyl (C=O) groups is 2. The fourth-order valence-electron chi connectivity index (χ4n) is 2.62.